The van der Waals surface area contributed by atoms with E-state index in [-0.39, 0.29) is 0 Å². The monoisotopic (exact) mass is 353 g/mol. The van der Waals surface area contributed by atoms with Gasteiger partial charge in [-0.15, -0.1) is 0 Å². The van der Waals surface area contributed by atoms with E-state index in [9.17, 15) is 0 Å². The maximum Gasteiger partial charge on any atom is 0.0541 e. The Balaban J connectivity index is 1.99. The standard InChI is InChI=1S/C26H27N/c1-5-8-21-11-13-22(14-12-21)25-17-23-9-6-7-10-24(23)27(25)26-19(3)15-18(2)16-20(26)4/h6-7,9-17H,5,8H2,1-4H3. The second kappa shape index (κ2) is 7.08. The van der Waals surface area contributed by atoms with Gasteiger partial charge in [0.25, 0.3) is 0 Å². The van der Waals surface area contributed by atoms with Crippen LogP contribution in [-0.4, -0.2) is 4.57 Å². The van der Waals surface area contributed by atoms with Crippen molar-refractivity contribution in [3.63, 3.8) is 0 Å². The highest BCUT2D eigenvalue weighted by atomic mass is 15.0. The first-order valence-electron chi connectivity index (χ1n) is 9.86. The van der Waals surface area contributed by atoms with Crippen LogP contribution in [0.5, 0.6) is 0 Å². The molecule has 1 heterocycles. The predicted molar refractivity (Wildman–Crippen MR) is 117 cm³/mol. The van der Waals surface area contributed by atoms with E-state index < -0.39 is 0 Å². The third-order valence-corrected chi connectivity index (χ3v) is 5.36. The summed E-state index contributed by atoms with van der Waals surface area (Å²) in [5.41, 5.74) is 10.5. The lowest BCUT2D eigenvalue weighted by Crippen LogP contribution is -2.03. The van der Waals surface area contributed by atoms with Crippen LogP contribution in [0, 0.1) is 20.8 Å². The first-order chi connectivity index (χ1) is 13.1. The summed E-state index contributed by atoms with van der Waals surface area (Å²) in [7, 11) is 0. The molecule has 0 radical (unpaired) electrons. The van der Waals surface area contributed by atoms with Crippen molar-refractivity contribution in [2.24, 2.45) is 0 Å². The number of aryl methyl sites for hydroxylation is 4. The van der Waals surface area contributed by atoms with Gasteiger partial charge in [0.05, 0.1) is 16.9 Å². The van der Waals surface area contributed by atoms with Gasteiger partial charge in [0.15, 0.2) is 0 Å². The third kappa shape index (κ3) is 3.19. The molecule has 0 aliphatic rings. The molecule has 0 saturated carbocycles. The minimum absolute atomic E-state index is 1.14. The highest BCUT2D eigenvalue weighted by Crippen LogP contribution is 2.34. The maximum atomic E-state index is 2.44. The van der Waals surface area contributed by atoms with Crippen LogP contribution in [0.15, 0.2) is 66.7 Å². The Labute approximate surface area is 162 Å². The van der Waals surface area contributed by atoms with E-state index >= 15 is 0 Å². The molecule has 0 aliphatic heterocycles. The van der Waals surface area contributed by atoms with Gasteiger partial charge in [-0.3, -0.25) is 0 Å². The van der Waals surface area contributed by atoms with Crippen molar-refractivity contribution in [1.82, 2.24) is 4.57 Å². The molecule has 1 nitrogen and oxygen atoms in total. The fourth-order valence-corrected chi connectivity index (χ4v) is 4.26. The van der Waals surface area contributed by atoms with Crippen molar-refractivity contribution in [2.75, 3.05) is 0 Å². The van der Waals surface area contributed by atoms with Crippen molar-refractivity contribution in [3.05, 3.63) is 89.0 Å². The van der Waals surface area contributed by atoms with Gasteiger partial charge in [0.2, 0.25) is 0 Å². The van der Waals surface area contributed by atoms with Crippen LogP contribution in [0.4, 0.5) is 0 Å². The van der Waals surface area contributed by atoms with Gasteiger partial charge in [-0.25, -0.2) is 0 Å². The molecule has 0 N–H and O–H groups in total. The Morgan fingerprint density at radius 3 is 2.11 bits per heavy atom. The molecule has 3 aromatic carbocycles. The molecule has 0 saturated heterocycles. The summed E-state index contributed by atoms with van der Waals surface area (Å²) in [4.78, 5) is 0. The molecule has 136 valence electrons. The molecule has 0 unspecified atom stereocenters. The summed E-state index contributed by atoms with van der Waals surface area (Å²) in [5, 5.41) is 1.28. The molecule has 27 heavy (non-hydrogen) atoms. The topological polar surface area (TPSA) is 4.93 Å². The Kier molecular flexibility index (Phi) is 4.61. The third-order valence-electron chi connectivity index (χ3n) is 5.36. The van der Waals surface area contributed by atoms with Gasteiger partial charge < -0.3 is 4.57 Å². The Hall–Kier alpha value is -2.80. The number of aromatic nitrogens is 1. The number of benzene rings is 3. The molecule has 1 heteroatoms. The molecule has 0 spiro atoms. The van der Waals surface area contributed by atoms with E-state index in [0.29, 0.717) is 0 Å². The molecule has 0 fully saturated rings. The number of fused-ring (bicyclic) bond motifs is 1. The number of hydrogen-bond acceptors (Lipinski definition) is 0. The summed E-state index contributed by atoms with van der Waals surface area (Å²) >= 11 is 0. The van der Waals surface area contributed by atoms with Crippen molar-refractivity contribution < 1.29 is 0 Å². The largest absolute Gasteiger partial charge is 0.309 e. The number of para-hydroxylation sites is 1. The molecule has 0 aliphatic carbocycles. The lowest BCUT2D eigenvalue weighted by Gasteiger charge is -2.18. The van der Waals surface area contributed by atoms with E-state index in [1.165, 1.54) is 56.5 Å². The van der Waals surface area contributed by atoms with Crippen LogP contribution in [0.2, 0.25) is 0 Å². The molecular weight excluding hydrogens is 326 g/mol. The van der Waals surface area contributed by atoms with Crippen LogP contribution in [0.3, 0.4) is 0 Å². The van der Waals surface area contributed by atoms with Crippen LogP contribution in [0.1, 0.15) is 35.6 Å². The van der Waals surface area contributed by atoms with Gasteiger partial charge in [-0.1, -0.05) is 73.5 Å². The number of nitrogens with zero attached hydrogens (tertiary/aromatic N) is 1. The zero-order valence-electron chi connectivity index (χ0n) is 16.7. The van der Waals surface area contributed by atoms with Crippen molar-refractivity contribution >= 4 is 10.9 Å². The molecule has 0 bridgehead atoms. The maximum absolute atomic E-state index is 2.44. The first-order valence-corrected chi connectivity index (χ1v) is 9.86. The molecule has 4 aromatic rings. The second-order valence-corrected chi connectivity index (χ2v) is 7.62. The van der Waals surface area contributed by atoms with E-state index in [4.69, 9.17) is 0 Å². The molecule has 1 aromatic heterocycles. The molecular formula is C26H27N. The van der Waals surface area contributed by atoms with Gasteiger partial charge >= 0.3 is 0 Å². The first kappa shape index (κ1) is 17.6. The van der Waals surface area contributed by atoms with Crippen molar-refractivity contribution in [3.8, 4) is 16.9 Å². The van der Waals surface area contributed by atoms with Crippen molar-refractivity contribution in [1.29, 1.82) is 0 Å². The van der Waals surface area contributed by atoms with Crippen LogP contribution in [-0.2, 0) is 6.42 Å². The van der Waals surface area contributed by atoms with E-state index in [1.54, 1.807) is 0 Å². The lowest BCUT2D eigenvalue weighted by atomic mass is 10.0. The summed E-state index contributed by atoms with van der Waals surface area (Å²) in [6.45, 7) is 8.84. The highest BCUT2D eigenvalue weighted by Gasteiger charge is 2.15. The quantitative estimate of drug-likeness (QED) is 0.366. The average molecular weight is 354 g/mol. The van der Waals surface area contributed by atoms with Gasteiger partial charge in [-0.05, 0) is 61.6 Å². The predicted octanol–water partition coefficient (Wildman–Crippen LogP) is 7.18. The van der Waals surface area contributed by atoms with E-state index in [2.05, 4.69) is 99.0 Å². The smallest absolute Gasteiger partial charge is 0.0541 e. The van der Waals surface area contributed by atoms with Crippen molar-refractivity contribution in [2.45, 2.75) is 40.5 Å². The Morgan fingerprint density at radius 1 is 0.778 bits per heavy atom. The molecule has 0 atom stereocenters. The number of rotatable bonds is 4. The average Bonchev–Trinajstić information content (AvgIpc) is 3.01. The summed E-state index contributed by atoms with van der Waals surface area (Å²) < 4.78 is 2.44. The SMILES string of the molecule is CCCc1ccc(-c2cc3ccccc3n2-c2c(C)cc(C)cc2C)cc1. The summed E-state index contributed by atoms with van der Waals surface area (Å²) in [6, 6.07) is 24.7. The summed E-state index contributed by atoms with van der Waals surface area (Å²) in [5.74, 6) is 0. The van der Waals surface area contributed by atoms with E-state index in [1.807, 2.05) is 0 Å². The zero-order valence-corrected chi connectivity index (χ0v) is 16.7. The molecule has 0 amide bonds. The second-order valence-electron chi connectivity index (χ2n) is 7.62. The fourth-order valence-electron chi connectivity index (χ4n) is 4.26. The Morgan fingerprint density at radius 2 is 1.44 bits per heavy atom. The van der Waals surface area contributed by atoms with Gasteiger partial charge in [0, 0.05) is 5.39 Å². The van der Waals surface area contributed by atoms with Crippen LogP contribution in [0.25, 0.3) is 27.8 Å². The molecule has 4 rings (SSSR count). The normalized spacial score (nSPS) is 11.3. The highest BCUT2D eigenvalue weighted by molar-refractivity contribution is 5.89. The van der Waals surface area contributed by atoms with Crippen LogP contribution < -0.4 is 0 Å². The minimum Gasteiger partial charge on any atom is -0.309 e. The minimum atomic E-state index is 1.14. The van der Waals surface area contributed by atoms with Gasteiger partial charge in [0.1, 0.15) is 0 Å². The Bertz CT molecular complexity index is 1070. The number of hydrogen-bond donors (Lipinski definition) is 0. The lowest BCUT2D eigenvalue weighted by molar-refractivity contribution is 0.922. The fraction of sp³-hybridized carbons (Fsp3) is 0.231. The summed E-state index contributed by atoms with van der Waals surface area (Å²) in [6.07, 6.45) is 2.32. The van der Waals surface area contributed by atoms with Crippen LogP contribution >= 0.6 is 0 Å². The van der Waals surface area contributed by atoms with Gasteiger partial charge in [-0.2, -0.15) is 0 Å². The zero-order chi connectivity index (χ0) is 19.0. The van der Waals surface area contributed by atoms with E-state index in [0.717, 1.165) is 6.42 Å².